The number of benzene rings is 2. The molecule has 28 heavy (non-hydrogen) atoms. The Labute approximate surface area is 171 Å². The van der Waals surface area contributed by atoms with E-state index in [0.29, 0.717) is 42.0 Å². The van der Waals surface area contributed by atoms with Gasteiger partial charge in [-0.1, -0.05) is 35.9 Å². The van der Waals surface area contributed by atoms with Gasteiger partial charge in [0.2, 0.25) is 5.91 Å². The van der Waals surface area contributed by atoms with E-state index in [-0.39, 0.29) is 12.5 Å². The van der Waals surface area contributed by atoms with Crippen molar-refractivity contribution >= 4 is 17.5 Å². The average Bonchev–Trinajstić information content (AvgIpc) is 2.69. The highest BCUT2D eigenvalue weighted by molar-refractivity contribution is 6.32. The number of ether oxygens (including phenoxy) is 3. The third kappa shape index (κ3) is 6.04. The van der Waals surface area contributed by atoms with Crippen molar-refractivity contribution < 1.29 is 19.0 Å². The summed E-state index contributed by atoms with van der Waals surface area (Å²) in [5.74, 6) is 1.94. The van der Waals surface area contributed by atoms with Crippen molar-refractivity contribution in [1.29, 1.82) is 0 Å². The summed E-state index contributed by atoms with van der Waals surface area (Å²) in [5.41, 5.74) is 0.891. The Hall–Kier alpha value is -2.44. The molecule has 0 fully saturated rings. The van der Waals surface area contributed by atoms with Gasteiger partial charge in [-0.2, -0.15) is 0 Å². The molecule has 0 saturated heterocycles. The van der Waals surface area contributed by atoms with Crippen LogP contribution in [0, 0.1) is 0 Å². The van der Waals surface area contributed by atoms with Gasteiger partial charge < -0.3 is 19.1 Å². The van der Waals surface area contributed by atoms with E-state index in [9.17, 15) is 4.79 Å². The van der Waals surface area contributed by atoms with Gasteiger partial charge in [-0.3, -0.25) is 9.69 Å². The van der Waals surface area contributed by atoms with Crippen LogP contribution in [-0.2, 0) is 11.3 Å². The number of likely N-dealkylation sites (N-methyl/N-ethyl adjacent to an activating group) is 2. The van der Waals surface area contributed by atoms with E-state index >= 15 is 0 Å². The van der Waals surface area contributed by atoms with Crippen molar-refractivity contribution in [1.82, 2.24) is 9.80 Å². The second kappa shape index (κ2) is 10.8. The first-order valence-electron chi connectivity index (χ1n) is 8.96. The molecule has 0 spiro atoms. The topological polar surface area (TPSA) is 51.2 Å². The third-order valence-electron chi connectivity index (χ3n) is 4.29. The Bertz CT molecular complexity index is 785. The Kier molecular flexibility index (Phi) is 8.42. The van der Waals surface area contributed by atoms with Crippen LogP contribution in [0.25, 0.3) is 0 Å². The van der Waals surface area contributed by atoms with Crippen LogP contribution in [0.1, 0.15) is 5.56 Å². The van der Waals surface area contributed by atoms with Crippen molar-refractivity contribution in [2.45, 2.75) is 6.54 Å². The number of amides is 1. The first-order valence-corrected chi connectivity index (χ1v) is 9.33. The lowest BCUT2D eigenvalue weighted by Crippen LogP contribution is -2.37. The van der Waals surface area contributed by atoms with E-state index in [0.717, 1.165) is 5.56 Å². The number of rotatable bonds is 10. The van der Waals surface area contributed by atoms with Crippen molar-refractivity contribution in [3.05, 3.63) is 53.1 Å². The van der Waals surface area contributed by atoms with Gasteiger partial charge in [0, 0.05) is 25.7 Å². The third-order valence-corrected chi connectivity index (χ3v) is 4.60. The average molecular weight is 407 g/mol. The molecule has 0 saturated carbocycles. The van der Waals surface area contributed by atoms with Crippen LogP contribution < -0.4 is 14.2 Å². The summed E-state index contributed by atoms with van der Waals surface area (Å²) in [7, 11) is 6.84. The molecule has 0 heterocycles. The van der Waals surface area contributed by atoms with E-state index < -0.39 is 0 Å². The van der Waals surface area contributed by atoms with Crippen molar-refractivity contribution in [2.75, 3.05) is 48.0 Å². The molecule has 1 amide bonds. The maximum atomic E-state index is 12.5. The fourth-order valence-corrected chi connectivity index (χ4v) is 2.92. The smallest absolute Gasteiger partial charge is 0.236 e. The lowest BCUT2D eigenvalue weighted by atomic mass is 10.1. The van der Waals surface area contributed by atoms with E-state index in [4.69, 9.17) is 25.8 Å². The molecular formula is C21H27ClN2O4. The molecule has 0 unspecified atom stereocenters. The number of carbonyl (C=O) groups excluding carboxylic acids is 1. The zero-order chi connectivity index (χ0) is 20.5. The van der Waals surface area contributed by atoms with Gasteiger partial charge in [0.25, 0.3) is 0 Å². The standard InChI is InChI=1S/C21H27ClN2O4/c1-23(12-13-28-18-10-6-5-9-17(18)22)15-20(25)24(2)14-16-8-7-11-19(26-3)21(16)27-4/h5-11H,12-15H2,1-4H3. The lowest BCUT2D eigenvalue weighted by molar-refractivity contribution is -0.131. The highest BCUT2D eigenvalue weighted by Gasteiger charge is 2.16. The Morgan fingerprint density at radius 3 is 2.39 bits per heavy atom. The van der Waals surface area contributed by atoms with E-state index in [2.05, 4.69) is 0 Å². The molecule has 0 radical (unpaired) electrons. The van der Waals surface area contributed by atoms with Crippen LogP contribution in [0.2, 0.25) is 5.02 Å². The van der Waals surface area contributed by atoms with Gasteiger partial charge in [0.15, 0.2) is 11.5 Å². The SMILES string of the molecule is COc1cccc(CN(C)C(=O)CN(C)CCOc2ccccc2Cl)c1OC. The Morgan fingerprint density at radius 1 is 1.00 bits per heavy atom. The number of hydrogen-bond donors (Lipinski definition) is 0. The second-order valence-corrected chi connectivity index (χ2v) is 6.83. The summed E-state index contributed by atoms with van der Waals surface area (Å²) in [6.45, 7) is 1.77. The molecule has 2 aromatic carbocycles. The summed E-state index contributed by atoms with van der Waals surface area (Å²) >= 11 is 6.07. The van der Waals surface area contributed by atoms with Crippen LogP contribution >= 0.6 is 11.6 Å². The predicted molar refractivity (Wildman–Crippen MR) is 110 cm³/mol. The number of nitrogens with zero attached hydrogens (tertiary/aromatic N) is 2. The molecule has 2 rings (SSSR count). The molecular weight excluding hydrogens is 380 g/mol. The zero-order valence-electron chi connectivity index (χ0n) is 16.8. The zero-order valence-corrected chi connectivity index (χ0v) is 17.5. The first-order chi connectivity index (χ1) is 13.5. The van der Waals surface area contributed by atoms with E-state index in [1.54, 1.807) is 32.2 Å². The summed E-state index contributed by atoms with van der Waals surface area (Å²) < 4.78 is 16.4. The molecule has 152 valence electrons. The van der Waals surface area contributed by atoms with Crippen LogP contribution in [0.5, 0.6) is 17.2 Å². The maximum absolute atomic E-state index is 12.5. The second-order valence-electron chi connectivity index (χ2n) is 6.42. The fourth-order valence-electron chi connectivity index (χ4n) is 2.73. The highest BCUT2D eigenvalue weighted by atomic mass is 35.5. The number of hydrogen-bond acceptors (Lipinski definition) is 5. The first kappa shape index (κ1) is 21.9. The van der Waals surface area contributed by atoms with E-state index in [1.807, 2.05) is 48.3 Å². The van der Waals surface area contributed by atoms with Gasteiger partial charge in [-0.25, -0.2) is 0 Å². The molecule has 7 heteroatoms. The molecule has 0 atom stereocenters. The minimum atomic E-state index is 0.00474. The molecule has 0 bridgehead atoms. The van der Waals surface area contributed by atoms with Gasteiger partial charge in [-0.15, -0.1) is 0 Å². The largest absolute Gasteiger partial charge is 0.493 e. The van der Waals surface area contributed by atoms with Crippen molar-refractivity contribution in [3.63, 3.8) is 0 Å². The Balaban J connectivity index is 1.84. The summed E-state index contributed by atoms with van der Waals surface area (Å²) in [6, 6.07) is 13.0. The maximum Gasteiger partial charge on any atom is 0.236 e. The summed E-state index contributed by atoms with van der Waals surface area (Å²) in [5, 5.41) is 0.577. The number of para-hydroxylation sites is 2. The lowest BCUT2D eigenvalue weighted by Gasteiger charge is -2.23. The quantitative estimate of drug-likeness (QED) is 0.605. The van der Waals surface area contributed by atoms with Gasteiger partial charge in [0.05, 0.1) is 25.8 Å². The Morgan fingerprint density at radius 2 is 1.71 bits per heavy atom. The highest BCUT2D eigenvalue weighted by Crippen LogP contribution is 2.31. The molecule has 0 aliphatic heterocycles. The normalized spacial score (nSPS) is 10.6. The summed E-state index contributed by atoms with van der Waals surface area (Å²) in [4.78, 5) is 16.1. The summed E-state index contributed by atoms with van der Waals surface area (Å²) in [6.07, 6.45) is 0. The van der Waals surface area contributed by atoms with Crippen LogP contribution in [0.15, 0.2) is 42.5 Å². The number of carbonyl (C=O) groups is 1. The monoisotopic (exact) mass is 406 g/mol. The van der Waals surface area contributed by atoms with Crippen molar-refractivity contribution in [3.8, 4) is 17.2 Å². The van der Waals surface area contributed by atoms with Gasteiger partial charge in [-0.05, 0) is 25.2 Å². The minimum absolute atomic E-state index is 0.00474. The fraction of sp³-hybridized carbons (Fsp3) is 0.381. The number of methoxy groups -OCH3 is 2. The van der Waals surface area contributed by atoms with Crippen LogP contribution in [0.3, 0.4) is 0 Å². The molecule has 0 aromatic heterocycles. The van der Waals surface area contributed by atoms with Crippen LogP contribution in [-0.4, -0.2) is 63.7 Å². The molecule has 6 nitrogen and oxygen atoms in total. The minimum Gasteiger partial charge on any atom is -0.493 e. The number of halogens is 1. The van der Waals surface area contributed by atoms with Gasteiger partial charge in [0.1, 0.15) is 12.4 Å². The molecule has 0 aliphatic rings. The van der Waals surface area contributed by atoms with Crippen molar-refractivity contribution in [2.24, 2.45) is 0 Å². The van der Waals surface area contributed by atoms with Gasteiger partial charge >= 0.3 is 0 Å². The van der Waals surface area contributed by atoms with E-state index in [1.165, 1.54) is 0 Å². The molecule has 0 aliphatic carbocycles. The molecule has 2 aromatic rings. The molecule has 0 N–H and O–H groups in total. The predicted octanol–water partition coefficient (Wildman–Crippen LogP) is 3.33. The van der Waals surface area contributed by atoms with Crippen LogP contribution in [0.4, 0.5) is 0 Å².